The first kappa shape index (κ1) is 20.7. The molecule has 1 aromatic carbocycles. The lowest BCUT2D eigenvalue weighted by molar-refractivity contribution is -0.146. The summed E-state index contributed by atoms with van der Waals surface area (Å²) >= 11 is 0.996. The smallest absolute Gasteiger partial charge is 0.308 e. The fourth-order valence-corrected chi connectivity index (χ4v) is 2.40. The Morgan fingerprint density at radius 1 is 1.27 bits per heavy atom. The van der Waals surface area contributed by atoms with Gasteiger partial charge >= 0.3 is 5.97 Å². The van der Waals surface area contributed by atoms with Crippen LogP contribution in [0.25, 0.3) is 0 Å². The molecule has 0 heterocycles. The summed E-state index contributed by atoms with van der Waals surface area (Å²) in [6, 6.07) is 4.47. The summed E-state index contributed by atoms with van der Waals surface area (Å²) < 4.78 is 17.2. The van der Waals surface area contributed by atoms with Gasteiger partial charge in [-0.3, -0.25) is 9.93 Å². The Morgan fingerprint density at radius 2 is 1.86 bits per heavy atom. The number of halogens is 1. The molecule has 0 aliphatic heterocycles. The molecule has 0 unspecified atom stereocenters. The van der Waals surface area contributed by atoms with E-state index in [1.807, 2.05) is 13.8 Å². The van der Waals surface area contributed by atoms with Crippen molar-refractivity contribution in [3.05, 3.63) is 24.0 Å². The number of anilines is 1. The summed E-state index contributed by atoms with van der Waals surface area (Å²) in [7, 11) is 1.47. The minimum absolute atomic E-state index is 0.0142. The van der Waals surface area contributed by atoms with Gasteiger partial charge in [-0.1, -0.05) is 33.1 Å². The molecule has 1 aliphatic rings. The van der Waals surface area contributed by atoms with Crippen LogP contribution in [0.3, 0.4) is 0 Å². The Morgan fingerprint density at radius 3 is 2.32 bits per heavy atom. The average molecular weight is 330 g/mol. The van der Waals surface area contributed by atoms with Crippen molar-refractivity contribution >= 4 is 23.6 Å². The van der Waals surface area contributed by atoms with E-state index in [1.165, 1.54) is 38.5 Å². The maximum absolute atomic E-state index is 12.6. The third-order valence-electron chi connectivity index (χ3n) is 3.25. The Balaban J connectivity index is 0.000000360. The molecule has 0 aromatic heterocycles. The molecule has 0 radical (unpaired) electrons. The summed E-state index contributed by atoms with van der Waals surface area (Å²) in [5.41, 5.74) is 5.37. The second-order valence-corrected chi connectivity index (χ2v) is 5.37. The van der Waals surface area contributed by atoms with Crippen molar-refractivity contribution in [1.29, 1.82) is 0 Å². The molecule has 0 saturated heterocycles. The lowest BCUT2D eigenvalue weighted by Crippen LogP contribution is -2.18. The predicted octanol–water partition coefficient (Wildman–Crippen LogP) is 4.14. The second-order valence-electron chi connectivity index (χ2n) is 4.66. The summed E-state index contributed by atoms with van der Waals surface area (Å²) in [5.74, 6) is -0.228. The van der Waals surface area contributed by atoms with E-state index in [2.05, 4.69) is 4.74 Å². The van der Waals surface area contributed by atoms with E-state index in [0.29, 0.717) is 4.90 Å². The number of nitrogen functional groups attached to an aromatic ring is 1. The second kappa shape index (κ2) is 12.3. The van der Waals surface area contributed by atoms with Crippen molar-refractivity contribution in [2.45, 2.75) is 50.8 Å². The van der Waals surface area contributed by atoms with E-state index in [-0.39, 0.29) is 17.6 Å². The van der Waals surface area contributed by atoms with Crippen molar-refractivity contribution in [1.82, 2.24) is 0 Å². The van der Waals surface area contributed by atoms with Crippen molar-refractivity contribution in [2.75, 3.05) is 12.8 Å². The van der Waals surface area contributed by atoms with E-state index in [9.17, 15) is 9.18 Å². The number of ether oxygens (including phenoxy) is 1. The van der Waals surface area contributed by atoms with Crippen LogP contribution in [0, 0.1) is 11.7 Å². The van der Waals surface area contributed by atoms with Crippen molar-refractivity contribution in [3.63, 3.8) is 0 Å². The molecular formula is C16H27FN2O2S. The number of hydrogen-bond acceptors (Lipinski definition) is 5. The van der Waals surface area contributed by atoms with Crippen LogP contribution in [-0.2, 0) is 9.53 Å². The van der Waals surface area contributed by atoms with Crippen LogP contribution in [0.2, 0.25) is 0 Å². The first-order valence-corrected chi connectivity index (χ1v) is 8.46. The maximum atomic E-state index is 12.6. The molecule has 6 heteroatoms. The van der Waals surface area contributed by atoms with Crippen LogP contribution >= 0.6 is 11.9 Å². The van der Waals surface area contributed by atoms with Gasteiger partial charge in [0.15, 0.2) is 0 Å². The van der Waals surface area contributed by atoms with Crippen LogP contribution < -0.4 is 10.9 Å². The SMILES string of the molecule is CC.COC(=O)C1CCCCC1.NSc1ccc(N)c(F)c1. The highest BCUT2D eigenvalue weighted by molar-refractivity contribution is 7.97. The van der Waals surface area contributed by atoms with Crippen molar-refractivity contribution in [2.24, 2.45) is 11.1 Å². The Labute approximate surface area is 136 Å². The van der Waals surface area contributed by atoms with E-state index < -0.39 is 5.82 Å². The van der Waals surface area contributed by atoms with E-state index in [0.717, 1.165) is 24.8 Å². The Bertz CT molecular complexity index is 438. The monoisotopic (exact) mass is 330 g/mol. The molecule has 1 aliphatic carbocycles. The zero-order valence-corrected chi connectivity index (χ0v) is 14.4. The van der Waals surface area contributed by atoms with Crippen LogP contribution in [-0.4, -0.2) is 13.1 Å². The highest BCUT2D eigenvalue weighted by atomic mass is 32.2. The van der Waals surface area contributed by atoms with Crippen LogP contribution in [0.15, 0.2) is 23.1 Å². The number of esters is 1. The number of rotatable bonds is 2. The molecule has 1 saturated carbocycles. The summed E-state index contributed by atoms with van der Waals surface area (Å²) in [5, 5.41) is 5.18. The zero-order valence-electron chi connectivity index (χ0n) is 13.6. The number of carbonyl (C=O) groups excluding carboxylic acids is 1. The number of benzene rings is 1. The Hall–Kier alpha value is -1.27. The molecule has 0 amide bonds. The van der Waals surface area contributed by atoms with E-state index in [1.54, 1.807) is 6.07 Å². The molecule has 1 aromatic rings. The van der Waals surface area contributed by atoms with Crippen LogP contribution in [0.4, 0.5) is 10.1 Å². The first-order chi connectivity index (χ1) is 10.6. The Kier molecular flexibility index (Phi) is 11.6. The molecule has 2 rings (SSSR count). The highest BCUT2D eigenvalue weighted by Gasteiger charge is 2.20. The minimum Gasteiger partial charge on any atom is -0.469 e. The normalized spacial score (nSPS) is 14.0. The lowest BCUT2D eigenvalue weighted by Gasteiger charge is -2.18. The van der Waals surface area contributed by atoms with Crippen LogP contribution in [0.1, 0.15) is 46.0 Å². The number of carbonyl (C=O) groups is 1. The molecule has 0 atom stereocenters. The maximum Gasteiger partial charge on any atom is 0.308 e. The topological polar surface area (TPSA) is 78.3 Å². The summed E-state index contributed by atoms with van der Waals surface area (Å²) in [6.07, 6.45) is 5.74. The molecule has 1 fully saturated rings. The van der Waals surface area contributed by atoms with Crippen molar-refractivity contribution < 1.29 is 13.9 Å². The predicted molar refractivity (Wildman–Crippen MR) is 90.8 cm³/mol. The van der Waals surface area contributed by atoms with Crippen molar-refractivity contribution in [3.8, 4) is 0 Å². The fraction of sp³-hybridized carbons (Fsp3) is 0.562. The third kappa shape index (κ3) is 7.66. The number of hydrogen-bond donors (Lipinski definition) is 2. The highest BCUT2D eigenvalue weighted by Crippen LogP contribution is 2.24. The molecule has 126 valence electrons. The lowest BCUT2D eigenvalue weighted by atomic mass is 9.89. The van der Waals surface area contributed by atoms with Gasteiger partial charge in [0.05, 0.1) is 18.7 Å². The van der Waals surface area contributed by atoms with E-state index in [4.69, 9.17) is 10.9 Å². The average Bonchev–Trinajstić information content (AvgIpc) is 2.59. The van der Waals surface area contributed by atoms with Gasteiger partial charge in [0.25, 0.3) is 0 Å². The van der Waals surface area contributed by atoms with Gasteiger partial charge in [-0.15, -0.1) is 0 Å². The minimum atomic E-state index is -0.421. The van der Waals surface area contributed by atoms with E-state index >= 15 is 0 Å². The largest absolute Gasteiger partial charge is 0.469 e. The zero-order chi connectivity index (χ0) is 17.0. The van der Waals surface area contributed by atoms with Gasteiger partial charge in [-0.2, -0.15) is 0 Å². The van der Waals surface area contributed by atoms with Gasteiger partial charge in [-0.25, -0.2) is 4.39 Å². The van der Waals surface area contributed by atoms with Gasteiger partial charge < -0.3 is 10.5 Å². The van der Waals surface area contributed by atoms with Gasteiger partial charge in [-0.05, 0) is 43.0 Å². The van der Waals surface area contributed by atoms with Gasteiger partial charge in [0.2, 0.25) is 0 Å². The van der Waals surface area contributed by atoms with Crippen LogP contribution in [0.5, 0.6) is 0 Å². The summed E-state index contributed by atoms with van der Waals surface area (Å²) in [4.78, 5) is 11.6. The molecular weight excluding hydrogens is 303 g/mol. The number of nitrogens with two attached hydrogens (primary N) is 2. The first-order valence-electron chi connectivity index (χ1n) is 7.58. The molecule has 22 heavy (non-hydrogen) atoms. The van der Waals surface area contributed by atoms with Gasteiger partial charge in [0, 0.05) is 4.90 Å². The third-order valence-corrected chi connectivity index (χ3v) is 3.77. The van der Waals surface area contributed by atoms with Gasteiger partial charge in [0.1, 0.15) is 5.82 Å². The quantitative estimate of drug-likeness (QED) is 0.484. The molecule has 4 N–H and O–H groups in total. The fourth-order valence-electron chi connectivity index (χ4n) is 2.09. The molecule has 4 nitrogen and oxygen atoms in total. The molecule has 0 spiro atoms. The summed E-state index contributed by atoms with van der Waals surface area (Å²) in [6.45, 7) is 4.00. The number of methoxy groups -OCH3 is 1. The standard InChI is InChI=1S/C8H14O2.C6H7FN2S.C2H6/c1-10-8(9)7-5-3-2-4-6-7;7-5-3-4(10-9)1-2-6(5)8;1-2/h7H,2-6H2,1H3;1-3H,8-9H2;1-2H3. The molecule has 0 bridgehead atoms.